The molecule has 0 amide bonds. The summed E-state index contributed by atoms with van der Waals surface area (Å²) >= 11 is 3.63. The average Bonchev–Trinajstić information content (AvgIpc) is 3.53. The second-order valence-corrected chi connectivity index (χ2v) is 8.54. The fourth-order valence-electron chi connectivity index (χ4n) is 3.53. The smallest absolute Gasteiger partial charge is 0.331 e. The molecule has 1 heterocycles. The molecule has 30 heavy (non-hydrogen) atoms. The monoisotopic (exact) mass is 469 g/mol. The first-order valence-electron chi connectivity index (χ1n) is 9.96. The lowest BCUT2D eigenvalue weighted by molar-refractivity contribution is 0.429. The maximum atomic E-state index is 12.1. The number of aromatic nitrogens is 2. The minimum absolute atomic E-state index is 0.0574. The summed E-state index contributed by atoms with van der Waals surface area (Å²) in [6.07, 6.45) is 5.25. The molecule has 3 aromatic rings. The Morgan fingerprint density at radius 1 is 1.23 bits per heavy atom. The van der Waals surface area contributed by atoms with E-state index in [4.69, 9.17) is 5.53 Å². The van der Waals surface area contributed by atoms with E-state index < -0.39 is 0 Å². The van der Waals surface area contributed by atoms with E-state index in [1.807, 2.05) is 36.4 Å². The second kappa shape index (κ2) is 8.47. The summed E-state index contributed by atoms with van der Waals surface area (Å²) < 4.78 is 3.46. The van der Waals surface area contributed by atoms with E-state index in [2.05, 4.69) is 26.4 Å². The lowest BCUT2D eigenvalue weighted by Crippen LogP contribution is -2.22. The highest BCUT2D eigenvalue weighted by Gasteiger charge is 2.20. The van der Waals surface area contributed by atoms with Crippen LogP contribution in [0, 0.1) is 11.4 Å². The van der Waals surface area contributed by atoms with Crippen LogP contribution in [0.25, 0.3) is 11.1 Å². The van der Waals surface area contributed by atoms with Crippen molar-refractivity contribution in [2.24, 2.45) is 18.1 Å². The number of anilines is 1. The zero-order chi connectivity index (χ0) is 21.3. The molecule has 0 radical (unpaired) electrons. The number of aromatic hydroxyl groups is 1. The summed E-state index contributed by atoms with van der Waals surface area (Å²) in [6, 6.07) is 11.9. The summed E-state index contributed by atoms with van der Waals surface area (Å²) in [5.74, 6) is 0.795. The summed E-state index contributed by atoms with van der Waals surface area (Å²) in [5, 5.41) is 16.8. The molecular formula is C22H24BrN5O2. The van der Waals surface area contributed by atoms with Crippen molar-refractivity contribution in [1.82, 2.24) is 9.13 Å². The van der Waals surface area contributed by atoms with Gasteiger partial charge in [0.1, 0.15) is 5.69 Å². The molecule has 0 atom stereocenters. The zero-order valence-corrected chi connectivity index (χ0v) is 18.3. The van der Waals surface area contributed by atoms with Crippen LogP contribution in [0.1, 0.15) is 24.8 Å². The number of rotatable bonds is 8. The molecule has 0 unspecified atom stereocenters. The second-order valence-electron chi connectivity index (χ2n) is 7.75. The highest BCUT2D eigenvalue weighted by Crippen LogP contribution is 2.41. The van der Waals surface area contributed by atoms with Crippen LogP contribution in [0.5, 0.6) is 5.88 Å². The van der Waals surface area contributed by atoms with Crippen molar-refractivity contribution < 1.29 is 5.11 Å². The average molecular weight is 470 g/mol. The van der Waals surface area contributed by atoms with E-state index in [0.29, 0.717) is 12.2 Å². The standard InChI is InChI=1S/C22H24BrN5O2/c1-27-19(29)13-28(22(27)30)12-15-4-6-16(7-5-15)17-8-9-18(21(26-24)20(17)23)25-11-10-14-2-3-14/h4-9,13-14,24-25,29H,2-3,10-12H2,1H3. The Labute approximate surface area is 183 Å². The Balaban J connectivity index is 1.53. The highest BCUT2D eigenvalue weighted by atomic mass is 79.9. The molecule has 7 nitrogen and oxygen atoms in total. The molecule has 2 aromatic carbocycles. The van der Waals surface area contributed by atoms with Gasteiger partial charge < -0.3 is 10.4 Å². The topological polar surface area (TPSA) is 95.4 Å². The van der Waals surface area contributed by atoms with Gasteiger partial charge in [0.05, 0.1) is 22.9 Å². The molecule has 0 spiro atoms. The number of nitrogens with zero attached hydrogens (tertiary/aromatic N) is 3. The molecule has 4 rings (SSSR count). The Morgan fingerprint density at radius 2 is 1.97 bits per heavy atom. The van der Waals surface area contributed by atoms with Gasteiger partial charge in [0.2, 0.25) is 5.88 Å². The molecule has 156 valence electrons. The van der Waals surface area contributed by atoms with Crippen LogP contribution in [-0.4, -0.2) is 20.8 Å². The van der Waals surface area contributed by atoms with E-state index in [1.165, 1.54) is 35.2 Å². The molecular weight excluding hydrogens is 446 g/mol. The van der Waals surface area contributed by atoms with Gasteiger partial charge in [-0.25, -0.2) is 10.3 Å². The Bertz CT molecular complexity index is 1130. The van der Waals surface area contributed by atoms with Crippen molar-refractivity contribution in [3.63, 3.8) is 0 Å². The highest BCUT2D eigenvalue weighted by molar-refractivity contribution is 9.10. The fourth-order valence-corrected chi connectivity index (χ4v) is 4.19. The van der Waals surface area contributed by atoms with Crippen LogP contribution < -0.4 is 11.0 Å². The molecule has 0 bridgehead atoms. The van der Waals surface area contributed by atoms with Gasteiger partial charge in [0, 0.05) is 13.6 Å². The molecule has 8 heteroatoms. The van der Waals surface area contributed by atoms with Crippen molar-refractivity contribution in [1.29, 1.82) is 5.53 Å². The maximum Gasteiger partial charge on any atom is 0.331 e. The molecule has 0 saturated heterocycles. The predicted octanol–water partition coefficient (Wildman–Crippen LogP) is 5.24. The first kappa shape index (κ1) is 20.4. The van der Waals surface area contributed by atoms with Gasteiger partial charge in [-0.1, -0.05) is 43.2 Å². The van der Waals surface area contributed by atoms with Crippen LogP contribution >= 0.6 is 15.9 Å². The van der Waals surface area contributed by atoms with Crippen LogP contribution in [0.4, 0.5) is 11.4 Å². The number of halogens is 1. The van der Waals surface area contributed by atoms with E-state index in [1.54, 1.807) is 0 Å². The van der Waals surface area contributed by atoms with Crippen molar-refractivity contribution in [2.45, 2.75) is 25.8 Å². The van der Waals surface area contributed by atoms with Crippen LogP contribution in [0.3, 0.4) is 0 Å². The number of benzene rings is 2. The predicted molar refractivity (Wildman–Crippen MR) is 121 cm³/mol. The molecule has 1 fully saturated rings. The largest absolute Gasteiger partial charge is 0.493 e. The lowest BCUT2D eigenvalue weighted by Gasteiger charge is -2.13. The Kier molecular flexibility index (Phi) is 5.76. The third-order valence-corrected chi connectivity index (χ3v) is 6.36. The summed E-state index contributed by atoms with van der Waals surface area (Å²) in [7, 11) is 1.54. The Hall–Kier alpha value is -2.87. The summed E-state index contributed by atoms with van der Waals surface area (Å²) in [4.78, 5) is 12.1. The quantitative estimate of drug-likeness (QED) is 0.393. The van der Waals surface area contributed by atoms with Crippen LogP contribution in [0.2, 0.25) is 0 Å². The molecule has 1 aliphatic carbocycles. The van der Waals surface area contributed by atoms with Crippen LogP contribution in [0.15, 0.2) is 57.0 Å². The molecule has 1 aromatic heterocycles. The third kappa shape index (κ3) is 4.18. The molecule has 1 aliphatic rings. The zero-order valence-electron chi connectivity index (χ0n) is 16.7. The van der Waals surface area contributed by atoms with Gasteiger partial charge in [0.15, 0.2) is 0 Å². The van der Waals surface area contributed by atoms with Gasteiger partial charge in [-0.05, 0) is 51.0 Å². The van der Waals surface area contributed by atoms with E-state index in [0.717, 1.165) is 45.7 Å². The Morgan fingerprint density at radius 3 is 2.57 bits per heavy atom. The van der Waals surface area contributed by atoms with Crippen molar-refractivity contribution in [3.05, 3.63) is 63.1 Å². The molecule has 1 saturated carbocycles. The van der Waals surface area contributed by atoms with Crippen molar-refractivity contribution in [2.75, 3.05) is 11.9 Å². The molecule has 3 N–H and O–H groups in total. The van der Waals surface area contributed by atoms with E-state index in [9.17, 15) is 9.90 Å². The number of hydrogen-bond donors (Lipinski definition) is 3. The van der Waals surface area contributed by atoms with Gasteiger partial charge >= 0.3 is 5.69 Å². The fraction of sp³-hybridized carbons (Fsp3) is 0.318. The van der Waals surface area contributed by atoms with Gasteiger partial charge in [0.25, 0.3) is 0 Å². The molecule has 0 aliphatic heterocycles. The third-order valence-electron chi connectivity index (χ3n) is 5.56. The normalized spacial score (nSPS) is 13.4. The maximum absolute atomic E-state index is 12.1. The summed E-state index contributed by atoms with van der Waals surface area (Å²) in [5.41, 5.74) is 11.7. The first-order chi connectivity index (χ1) is 14.5. The number of hydrogen-bond acceptors (Lipinski definition) is 5. The van der Waals surface area contributed by atoms with E-state index >= 15 is 0 Å². The van der Waals surface area contributed by atoms with E-state index in [-0.39, 0.29) is 11.6 Å². The minimum atomic E-state index is -0.259. The van der Waals surface area contributed by atoms with Gasteiger partial charge in [-0.2, -0.15) is 5.11 Å². The lowest BCUT2D eigenvalue weighted by atomic mass is 10.0. The van der Waals surface area contributed by atoms with Crippen molar-refractivity contribution in [3.8, 4) is 17.0 Å². The van der Waals surface area contributed by atoms with Gasteiger partial charge in [-0.15, -0.1) is 0 Å². The SMILES string of the molecule is Cn1c(O)cn(Cc2ccc(-c3ccc(NCCC4CC4)c(N=N)c3Br)cc2)c1=O. The van der Waals surface area contributed by atoms with Crippen molar-refractivity contribution >= 4 is 27.3 Å². The van der Waals surface area contributed by atoms with Crippen LogP contribution in [-0.2, 0) is 13.6 Å². The first-order valence-corrected chi connectivity index (χ1v) is 10.8. The van der Waals surface area contributed by atoms with Gasteiger partial charge in [-0.3, -0.25) is 9.13 Å². The number of nitrogens with one attached hydrogen (secondary N) is 2. The summed E-state index contributed by atoms with van der Waals surface area (Å²) in [6.45, 7) is 1.27. The minimum Gasteiger partial charge on any atom is -0.493 e. The number of imidazole rings is 1.